The molecule has 0 bridgehead atoms. The quantitative estimate of drug-likeness (QED) is 0.719. The van der Waals surface area contributed by atoms with Gasteiger partial charge in [0.05, 0.1) is 15.3 Å². The summed E-state index contributed by atoms with van der Waals surface area (Å²) in [6.45, 7) is 3.62. The fraction of sp³-hybridized carbons (Fsp3) is 0.222. The predicted molar refractivity (Wildman–Crippen MR) is 101 cm³/mol. The van der Waals surface area contributed by atoms with E-state index in [1.165, 1.54) is 18.0 Å². The molecule has 3 aromatic rings. The summed E-state index contributed by atoms with van der Waals surface area (Å²) < 4.78 is 24.9. The van der Waals surface area contributed by atoms with Gasteiger partial charge in [-0.2, -0.15) is 0 Å². The highest BCUT2D eigenvalue weighted by atomic mass is 32.2. The second kappa shape index (κ2) is 6.77. The minimum Gasteiger partial charge on any atom is -0.480 e. The van der Waals surface area contributed by atoms with Crippen LogP contribution in [-0.4, -0.2) is 35.3 Å². The van der Waals surface area contributed by atoms with E-state index in [1.54, 1.807) is 28.8 Å². The summed E-state index contributed by atoms with van der Waals surface area (Å²) in [5.74, 6) is -0.917. The van der Waals surface area contributed by atoms with Gasteiger partial charge in [0.1, 0.15) is 12.1 Å². The average Bonchev–Trinajstić information content (AvgIpc) is 2.79. The number of aryl methyl sites for hydroxylation is 1. The largest absolute Gasteiger partial charge is 0.480 e. The molecule has 0 aliphatic carbocycles. The monoisotopic (exact) mass is 390 g/mol. The number of rotatable bonds is 5. The lowest BCUT2D eigenvalue weighted by Crippen LogP contribution is -2.09. The maximum atomic E-state index is 11.6. The molecule has 0 atom stereocenters. The van der Waals surface area contributed by atoms with Gasteiger partial charge in [0, 0.05) is 22.5 Å². The van der Waals surface area contributed by atoms with Crippen molar-refractivity contribution >= 4 is 38.6 Å². The first-order valence-corrected chi connectivity index (χ1v) is 10.5. The van der Waals surface area contributed by atoms with E-state index in [0.29, 0.717) is 0 Å². The van der Waals surface area contributed by atoms with Crippen LogP contribution in [0.2, 0.25) is 0 Å². The topological polar surface area (TPSA) is 89.3 Å². The van der Waals surface area contributed by atoms with Crippen LogP contribution in [0.5, 0.6) is 0 Å². The van der Waals surface area contributed by atoms with E-state index < -0.39 is 15.8 Å². The van der Waals surface area contributed by atoms with Crippen LogP contribution in [0.15, 0.2) is 51.1 Å². The molecule has 0 saturated carbocycles. The van der Waals surface area contributed by atoms with E-state index in [1.807, 2.05) is 26.0 Å². The van der Waals surface area contributed by atoms with Crippen LogP contribution in [0.1, 0.15) is 11.4 Å². The first-order valence-electron chi connectivity index (χ1n) is 7.83. The number of carbonyl (C=O) groups is 1. The lowest BCUT2D eigenvalue weighted by Gasteiger charge is -2.05. The summed E-state index contributed by atoms with van der Waals surface area (Å²) >= 11 is 1.45. The van der Waals surface area contributed by atoms with Crippen molar-refractivity contribution < 1.29 is 18.3 Å². The number of carboxylic acids is 1. The normalized spacial score (nSPS) is 11.8. The van der Waals surface area contributed by atoms with Crippen LogP contribution < -0.4 is 0 Å². The van der Waals surface area contributed by atoms with E-state index >= 15 is 0 Å². The van der Waals surface area contributed by atoms with Gasteiger partial charge in [-0.1, -0.05) is 11.8 Å². The van der Waals surface area contributed by atoms with E-state index in [2.05, 4.69) is 4.98 Å². The zero-order valence-electron chi connectivity index (χ0n) is 14.6. The third kappa shape index (κ3) is 3.61. The minimum atomic E-state index is -3.24. The van der Waals surface area contributed by atoms with Gasteiger partial charge < -0.3 is 9.67 Å². The Kier molecular flexibility index (Phi) is 4.81. The molecule has 0 unspecified atom stereocenters. The van der Waals surface area contributed by atoms with Gasteiger partial charge >= 0.3 is 5.97 Å². The molecule has 1 N–H and O–H groups in total. The maximum Gasteiger partial charge on any atom is 0.323 e. The molecule has 136 valence electrons. The first kappa shape index (κ1) is 18.5. The number of pyridine rings is 1. The summed E-state index contributed by atoms with van der Waals surface area (Å²) in [5.41, 5.74) is 3.18. The second-order valence-electron chi connectivity index (χ2n) is 6.06. The third-order valence-electron chi connectivity index (χ3n) is 4.02. The predicted octanol–water partition coefficient (Wildman–Crippen LogP) is 3.29. The van der Waals surface area contributed by atoms with Gasteiger partial charge in [-0.05, 0) is 50.2 Å². The average molecular weight is 390 g/mol. The highest BCUT2D eigenvalue weighted by molar-refractivity contribution is 7.99. The van der Waals surface area contributed by atoms with Crippen molar-refractivity contribution in [3.8, 4) is 0 Å². The molecular weight excluding hydrogens is 372 g/mol. The number of carboxylic acid groups (broad SMARTS) is 1. The highest BCUT2D eigenvalue weighted by Gasteiger charge is 2.18. The van der Waals surface area contributed by atoms with Crippen molar-refractivity contribution in [2.24, 2.45) is 0 Å². The Labute approximate surface area is 155 Å². The molecule has 2 heterocycles. The van der Waals surface area contributed by atoms with Crippen LogP contribution in [0, 0.1) is 13.8 Å². The van der Waals surface area contributed by atoms with Crippen molar-refractivity contribution in [1.29, 1.82) is 0 Å². The van der Waals surface area contributed by atoms with Gasteiger partial charge in [-0.3, -0.25) is 9.78 Å². The Bertz CT molecular complexity index is 1100. The molecule has 8 heteroatoms. The van der Waals surface area contributed by atoms with Gasteiger partial charge in [0.15, 0.2) is 9.84 Å². The molecule has 0 radical (unpaired) electrons. The first-order chi connectivity index (χ1) is 12.2. The standard InChI is InChI=1S/C18H18N2O4S2/c1-11-4-9-15-17(19-11)18(12(2)20(15)10-16(21)22)25-13-5-7-14(8-6-13)26(3,23)24/h4-9H,10H2,1-3H3,(H,21,22). The Morgan fingerprint density at radius 1 is 1.15 bits per heavy atom. The van der Waals surface area contributed by atoms with E-state index in [4.69, 9.17) is 0 Å². The smallest absolute Gasteiger partial charge is 0.323 e. The number of hydrogen-bond donors (Lipinski definition) is 1. The number of aromatic nitrogens is 2. The molecule has 26 heavy (non-hydrogen) atoms. The zero-order valence-corrected chi connectivity index (χ0v) is 16.2. The van der Waals surface area contributed by atoms with E-state index in [-0.39, 0.29) is 11.4 Å². The zero-order chi connectivity index (χ0) is 19.1. The van der Waals surface area contributed by atoms with Crippen molar-refractivity contribution in [3.63, 3.8) is 0 Å². The van der Waals surface area contributed by atoms with Crippen LogP contribution >= 0.6 is 11.8 Å². The van der Waals surface area contributed by atoms with Gasteiger partial charge in [-0.25, -0.2) is 8.42 Å². The van der Waals surface area contributed by atoms with Crippen LogP contribution in [0.3, 0.4) is 0 Å². The molecule has 1 aromatic carbocycles. The van der Waals surface area contributed by atoms with Crippen molar-refractivity contribution in [2.75, 3.05) is 6.26 Å². The van der Waals surface area contributed by atoms with Crippen LogP contribution in [0.25, 0.3) is 11.0 Å². The van der Waals surface area contributed by atoms with Crippen molar-refractivity contribution in [2.45, 2.75) is 35.1 Å². The number of benzene rings is 1. The summed E-state index contributed by atoms with van der Waals surface area (Å²) in [6, 6.07) is 10.4. The van der Waals surface area contributed by atoms with E-state index in [0.717, 1.165) is 32.2 Å². The Hall–Kier alpha value is -2.32. The molecule has 2 aromatic heterocycles. The lowest BCUT2D eigenvalue weighted by molar-refractivity contribution is -0.137. The number of hydrogen-bond acceptors (Lipinski definition) is 5. The molecule has 0 fully saturated rings. The van der Waals surface area contributed by atoms with Crippen LogP contribution in [0.4, 0.5) is 0 Å². The van der Waals surface area contributed by atoms with Gasteiger partial charge in [-0.15, -0.1) is 0 Å². The summed E-state index contributed by atoms with van der Waals surface area (Å²) in [6.07, 6.45) is 1.17. The molecule has 0 amide bonds. The molecule has 6 nitrogen and oxygen atoms in total. The SMILES string of the molecule is Cc1ccc2c(n1)c(Sc1ccc(S(C)(=O)=O)cc1)c(C)n2CC(=O)O. The Morgan fingerprint density at radius 2 is 1.81 bits per heavy atom. The minimum absolute atomic E-state index is 0.138. The lowest BCUT2D eigenvalue weighted by atomic mass is 10.3. The van der Waals surface area contributed by atoms with Gasteiger partial charge in [0.2, 0.25) is 0 Å². The Morgan fingerprint density at radius 3 is 2.38 bits per heavy atom. The third-order valence-corrected chi connectivity index (χ3v) is 6.35. The fourth-order valence-corrected chi connectivity index (χ4v) is 4.39. The molecular formula is C18H18N2O4S2. The number of fused-ring (bicyclic) bond motifs is 1. The number of sulfone groups is 1. The van der Waals surface area contributed by atoms with Gasteiger partial charge in [0.25, 0.3) is 0 Å². The summed E-state index contributed by atoms with van der Waals surface area (Å²) in [5, 5.41) is 9.21. The Balaban J connectivity index is 2.08. The number of nitrogens with zero attached hydrogens (tertiary/aromatic N) is 2. The summed E-state index contributed by atoms with van der Waals surface area (Å²) in [7, 11) is -3.24. The van der Waals surface area contributed by atoms with Crippen molar-refractivity contribution in [3.05, 3.63) is 47.8 Å². The molecule has 0 spiro atoms. The molecule has 0 aliphatic rings. The van der Waals surface area contributed by atoms with E-state index in [9.17, 15) is 18.3 Å². The molecule has 3 rings (SSSR count). The van der Waals surface area contributed by atoms with Crippen molar-refractivity contribution in [1.82, 2.24) is 9.55 Å². The highest BCUT2D eigenvalue weighted by Crippen LogP contribution is 2.37. The van der Waals surface area contributed by atoms with Crippen LogP contribution in [-0.2, 0) is 21.2 Å². The second-order valence-corrected chi connectivity index (χ2v) is 9.16. The number of aliphatic carboxylic acids is 1. The fourth-order valence-electron chi connectivity index (χ4n) is 2.74. The maximum absolute atomic E-state index is 11.6. The summed E-state index contributed by atoms with van der Waals surface area (Å²) in [4.78, 5) is 17.8. The molecule has 0 aliphatic heterocycles. The molecule has 0 saturated heterocycles.